The van der Waals surface area contributed by atoms with Gasteiger partial charge in [0.1, 0.15) is 0 Å². The monoisotopic (exact) mass is 309 g/mol. The third kappa shape index (κ3) is 3.07. The van der Waals surface area contributed by atoms with Gasteiger partial charge < -0.3 is 14.7 Å². The number of amides is 1. The fourth-order valence-electron chi connectivity index (χ4n) is 3.13. The van der Waals surface area contributed by atoms with E-state index in [1.165, 1.54) is 0 Å². The first kappa shape index (κ1) is 14.8. The number of carbonyl (C=O) groups excluding carboxylic acids is 1. The van der Waals surface area contributed by atoms with Gasteiger partial charge in [-0.05, 0) is 37.0 Å². The molecule has 5 heteroatoms. The molecule has 2 aliphatic rings. The van der Waals surface area contributed by atoms with E-state index in [0.29, 0.717) is 44.2 Å². The Balaban J connectivity index is 1.63. The highest BCUT2D eigenvalue weighted by molar-refractivity contribution is 6.30. The first-order valence-electron chi connectivity index (χ1n) is 7.43. The average molecular weight is 310 g/mol. The molecule has 0 aromatic heterocycles. The zero-order valence-electron chi connectivity index (χ0n) is 11.9. The second kappa shape index (κ2) is 5.95. The summed E-state index contributed by atoms with van der Waals surface area (Å²) in [4.78, 5) is 14.2. The predicted molar refractivity (Wildman–Crippen MR) is 80.1 cm³/mol. The lowest BCUT2D eigenvalue weighted by molar-refractivity contribution is -0.140. The summed E-state index contributed by atoms with van der Waals surface area (Å²) in [5, 5.41) is 11.5. The van der Waals surface area contributed by atoms with Gasteiger partial charge in [-0.1, -0.05) is 23.7 Å². The standard InChI is InChI=1S/C16H20ClNO3/c17-14-3-1-13(2-4-14)16(20)6-8-18(9-7-16)15(19)12-5-10-21-11-12/h1-4,12,20H,5-11H2/t12-/m0/s1. The first-order valence-corrected chi connectivity index (χ1v) is 7.81. The van der Waals surface area contributed by atoms with E-state index < -0.39 is 5.60 Å². The maximum Gasteiger partial charge on any atom is 0.228 e. The van der Waals surface area contributed by atoms with Crippen molar-refractivity contribution in [2.45, 2.75) is 24.9 Å². The molecule has 0 aliphatic carbocycles. The van der Waals surface area contributed by atoms with Gasteiger partial charge in [-0.3, -0.25) is 4.79 Å². The zero-order valence-corrected chi connectivity index (χ0v) is 12.7. The fourth-order valence-corrected chi connectivity index (χ4v) is 3.26. The number of hydrogen-bond acceptors (Lipinski definition) is 3. The van der Waals surface area contributed by atoms with Crippen LogP contribution in [0.5, 0.6) is 0 Å². The molecule has 2 aliphatic heterocycles. The van der Waals surface area contributed by atoms with E-state index in [1.807, 2.05) is 17.0 Å². The van der Waals surface area contributed by atoms with Crippen LogP contribution in [-0.4, -0.2) is 42.2 Å². The zero-order chi connectivity index (χ0) is 14.9. The molecule has 2 saturated heterocycles. The summed E-state index contributed by atoms with van der Waals surface area (Å²) in [6.07, 6.45) is 1.94. The second-order valence-corrected chi connectivity index (χ2v) is 6.36. The van der Waals surface area contributed by atoms with Crippen LogP contribution in [0.25, 0.3) is 0 Å². The van der Waals surface area contributed by atoms with Crippen LogP contribution in [0, 0.1) is 5.92 Å². The molecule has 21 heavy (non-hydrogen) atoms. The molecule has 3 rings (SSSR count). The maximum atomic E-state index is 12.3. The fraction of sp³-hybridized carbons (Fsp3) is 0.562. The predicted octanol–water partition coefficient (Wildman–Crippen LogP) is 2.19. The van der Waals surface area contributed by atoms with Crippen molar-refractivity contribution in [1.82, 2.24) is 4.90 Å². The Labute approximate surface area is 129 Å². The molecule has 1 N–H and O–H groups in total. The molecule has 1 aromatic carbocycles. The van der Waals surface area contributed by atoms with Crippen LogP contribution < -0.4 is 0 Å². The summed E-state index contributed by atoms with van der Waals surface area (Å²) in [5.41, 5.74) is 0.0243. The minimum atomic E-state index is -0.854. The van der Waals surface area contributed by atoms with Crippen molar-refractivity contribution in [3.63, 3.8) is 0 Å². The number of halogens is 1. The number of hydrogen-bond donors (Lipinski definition) is 1. The molecule has 0 radical (unpaired) electrons. The Morgan fingerprint density at radius 3 is 2.52 bits per heavy atom. The van der Waals surface area contributed by atoms with Gasteiger partial charge in [0, 0.05) is 24.7 Å². The highest BCUT2D eigenvalue weighted by atomic mass is 35.5. The quantitative estimate of drug-likeness (QED) is 0.911. The third-order valence-electron chi connectivity index (χ3n) is 4.56. The molecule has 0 bridgehead atoms. The number of piperidine rings is 1. The van der Waals surface area contributed by atoms with E-state index in [2.05, 4.69) is 0 Å². The summed E-state index contributed by atoms with van der Waals surface area (Å²) in [6.45, 7) is 2.40. The molecule has 1 atom stereocenters. The van der Waals surface area contributed by atoms with E-state index in [9.17, 15) is 9.90 Å². The molecule has 4 nitrogen and oxygen atoms in total. The highest BCUT2D eigenvalue weighted by Crippen LogP contribution is 2.34. The van der Waals surface area contributed by atoms with E-state index >= 15 is 0 Å². The van der Waals surface area contributed by atoms with Crippen molar-refractivity contribution in [3.05, 3.63) is 34.9 Å². The van der Waals surface area contributed by atoms with E-state index in [-0.39, 0.29) is 11.8 Å². The van der Waals surface area contributed by atoms with Gasteiger partial charge in [0.2, 0.25) is 5.91 Å². The Morgan fingerprint density at radius 1 is 1.29 bits per heavy atom. The molecule has 2 heterocycles. The summed E-state index contributed by atoms with van der Waals surface area (Å²) >= 11 is 5.89. The van der Waals surface area contributed by atoms with Gasteiger partial charge in [0.05, 0.1) is 18.1 Å². The normalized spacial score (nSPS) is 25.0. The first-order chi connectivity index (χ1) is 10.1. The lowest BCUT2D eigenvalue weighted by Crippen LogP contribution is -2.47. The Morgan fingerprint density at radius 2 is 1.95 bits per heavy atom. The minimum absolute atomic E-state index is 0.00623. The molecule has 1 amide bonds. The highest BCUT2D eigenvalue weighted by Gasteiger charge is 2.37. The summed E-state index contributed by atoms with van der Waals surface area (Å²) in [6, 6.07) is 7.32. The van der Waals surface area contributed by atoms with Crippen LogP contribution in [0.2, 0.25) is 5.02 Å². The second-order valence-electron chi connectivity index (χ2n) is 5.92. The van der Waals surface area contributed by atoms with Crippen LogP contribution in [0.3, 0.4) is 0 Å². The number of likely N-dealkylation sites (tertiary alicyclic amines) is 1. The summed E-state index contributed by atoms with van der Waals surface area (Å²) in [5.74, 6) is 0.178. The van der Waals surface area contributed by atoms with Crippen LogP contribution in [-0.2, 0) is 15.1 Å². The molecular formula is C16H20ClNO3. The molecule has 1 aromatic rings. The van der Waals surface area contributed by atoms with Crippen LogP contribution in [0.4, 0.5) is 0 Å². The Hall–Kier alpha value is -1.10. The molecule has 2 fully saturated rings. The van der Waals surface area contributed by atoms with Crippen molar-refractivity contribution in [3.8, 4) is 0 Å². The maximum absolute atomic E-state index is 12.3. The van der Waals surface area contributed by atoms with Crippen molar-refractivity contribution >= 4 is 17.5 Å². The molecular weight excluding hydrogens is 290 g/mol. The largest absolute Gasteiger partial charge is 0.385 e. The number of nitrogens with zero attached hydrogens (tertiary/aromatic N) is 1. The van der Waals surface area contributed by atoms with Gasteiger partial charge >= 0.3 is 0 Å². The molecule has 0 saturated carbocycles. The lowest BCUT2D eigenvalue weighted by Gasteiger charge is -2.39. The van der Waals surface area contributed by atoms with Crippen molar-refractivity contribution < 1.29 is 14.6 Å². The number of aliphatic hydroxyl groups is 1. The summed E-state index contributed by atoms with van der Waals surface area (Å²) in [7, 11) is 0. The number of rotatable bonds is 2. The van der Waals surface area contributed by atoms with Crippen molar-refractivity contribution in [1.29, 1.82) is 0 Å². The topological polar surface area (TPSA) is 49.8 Å². The van der Waals surface area contributed by atoms with Gasteiger partial charge in [-0.2, -0.15) is 0 Å². The van der Waals surface area contributed by atoms with Crippen LogP contribution >= 0.6 is 11.6 Å². The minimum Gasteiger partial charge on any atom is -0.385 e. The van der Waals surface area contributed by atoms with E-state index in [4.69, 9.17) is 16.3 Å². The Bertz CT molecular complexity index is 503. The number of ether oxygens (including phenoxy) is 1. The Kier molecular flexibility index (Phi) is 4.20. The van der Waals surface area contributed by atoms with Crippen molar-refractivity contribution in [2.24, 2.45) is 5.92 Å². The lowest BCUT2D eigenvalue weighted by atomic mass is 9.84. The van der Waals surface area contributed by atoms with Gasteiger partial charge in [-0.15, -0.1) is 0 Å². The average Bonchev–Trinajstić information content (AvgIpc) is 3.02. The molecule has 0 unspecified atom stereocenters. The molecule has 0 spiro atoms. The van der Waals surface area contributed by atoms with E-state index in [1.54, 1.807) is 12.1 Å². The SMILES string of the molecule is O=C([C@H]1CCOC1)N1CCC(O)(c2ccc(Cl)cc2)CC1. The van der Waals surface area contributed by atoms with Gasteiger partial charge in [0.25, 0.3) is 0 Å². The number of carbonyl (C=O) groups is 1. The van der Waals surface area contributed by atoms with Crippen LogP contribution in [0.15, 0.2) is 24.3 Å². The third-order valence-corrected chi connectivity index (χ3v) is 4.81. The molecule has 114 valence electrons. The van der Waals surface area contributed by atoms with Crippen LogP contribution in [0.1, 0.15) is 24.8 Å². The van der Waals surface area contributed by atoms with E-state index in [0.717, 1.165) is 12.0 Å². The van der Waals surface area contributed by atoms with Gasteiger partial charge in [-0.25, -0.2) is 0 Å². The van der Waals surface area contributed by atoms with Gasteiger partial charge in [0.15, 0.2) is 0 Å². The summed E-state index contributed by atoms with van der Waals surface area (Å²) < 4.78 is 5.28. The number of benzene rings is 1. The van der Waals surface area contributed by atoms with Crippen molar-refractivity contribution in [2.75, 3.05) is 26.3 Å². The smallest absolute Gasteiger partial charge is 0.228 e.